The van der Waals surface area contributed by atoms with Crippen molar-refractivity contribution in [2.45, 2.75) is 25.3 Å². The van der Waals surface area contributed by atoms with Crippen LogP contribution < -0.4 is 10.5 Å². The summed E-state index contributed by atoms with van der Waals surface area (Å²) in [5.74, 6) is 0. The molecule has 0 amide bonds. The minimum absolute atomic E-state index is 0.312. The van der Waals surface area contributed by atoms with Crippen LogP contribution in [0, 0.1) is 6.92 Å². The van der Waals surface area contributed by atoms with Crippen molar-refractivity contribution in [3.63, 3.8) is 0 Å². The maximum atomic E-state index is 11.8. The highest BCUT2D eigenvalue weighted by Crippen LogP contribution is 2.16. The molecule has 5 heteroatoms. The highest BCUT2D eigenvalue weighted by molar-refractivity contribution is 7.89. The molecule has 0 heterocycles. The molecule has 0 bridgehead atoms. The van der Waals surface area contributed by atoms with E-state index in [0.29, 0.717) is 18.0 Å². The van der Waals surface area contributed by atoms with Gasteiger partial charge in [-0.3, -0.25) is 0 Å². The zero-order valence-corrected chi connectivity index (χ0v) is 9.76. The van der Waals surface area contributed by atoms with Crippen LogP contribution in [-0.2, 0) is 16.6 Å². The molecule has 1 aromatic rings. The fourth-order valence-electron chi connectivity index (χ4n) is 1.33. The lowest BCUT2D eigenvalue weighted by molar-refractivity contribution is 0.583. The first kappa shape index (κ1) is 12.2. The molecule has 1 rings (SSSR count). The van der Waals surface area contributed by atoms with Crippen LogP contribution in [0.15, 0.2) is 23.1 Å². The van der Waals surface area contributed by atoms with Crippen LogP contribution >= 0.6 is 0 Å². The van der Waals surface area contributed by atoms with Gasteiger partial charge in [-0.1, -0.05) is 19.1 Å². The van der Waals surface area contributed by atoms with E-state index in [2.05, 4.69) is 4.72 Å². The third kappa shape index (κ3) is 2.77. The van der Waals surface area contributed by atoms with E-state index in [-0.39, 0.29) is 0 Å². The predicted octanol–water partition coefficient (Wildman–Crippen LogP) is 0.752. The second kappa shape index (κ2) is 4.74. The largest absolute Gasteiger partial charge is 0.326 e. The van der Waals surface area contributed by atoms with Crippen LogP contribution in [0.1, 0.15) is 18.1 Å². The molecule has 4 nitrogen and oxygen atoms in total. The molecule has 1 aromatic carbocycles. The summed E-state index contributed by atoms with van der Waals surface area (Å²) in [5.41, 5.74) is 7.02. The second-order valence-corrected chi connectivity index (χ2v) is 5.04. The molecule has 0 aliphatic carbocycles. The van der Waals surface area contributed by atoms with Crippen LogP contribution in [0.5, 0.6) is 0 Å². The molecule has 0 saturated carbocycles. The number of hydrogen-bond acceptors (Lipinski definition) is 3. The van der Waals surface area contributed by atoms with E-state index < -0.39 is 10.0 Å². The number of sulfonamides is 1. The van der Waals surface area contributed by atoms with Gasteiger partial charge in [0.1, 0.15) is 0 Å². The van der Waals surface area contributed by atoms with E-state index in [1.165, 1.54) is 0 Å². The number of nitrogens with one attached hydrogen (secondary N) is 1. The second-order valence-electron chi connectivity index (χ2n) is 3.31. The van der Waals surface area contributed by atoms with Crippen LogP contribution in [0.4, 0.5) is 0 Å². The number of benzene rings is 1. The number of nitrogens with two attached hydrogens (primary N) is 1. The van der Waals surface area contributed by atoms with E-state index in [1.807, 2.05) is 6.07 Å². The summed E-state index contributed by atoms with van der Waals surface area (Å²) in [7, 11) is -3.38. The van der Waals surface area contributed by atoms with Gasteiger partial charge in [0.2, 0.25) is 10.0 Å². The summed E-state index contributed by atoms with van der Waals surface area (Å²) in [6.07, 6.45) is 0. The maximum absolute atomic E-state index is 11.8. The fraction of sp³-hybridized carbons (Fsp3) is 0.400. The Kier molecular flexibility index (Phi) is 3.84. The molecule has 0 atom stereocenters. The Morgan fingerprint density at radius 1 is 1.40 bits per heavy atom. The smallest absolute Gasteiger partial charge is 0.240 e. The Bertz CT molecular complexity index is 441. The number of hydrogen-bond donors (Lipinski definition) is 2. The molecule has 0 radical (unpaired) electrons. The molecule has 0 unspecified atom stereocenters. The van der Waals surface area contributed by atoms with Crippen molar-refractivity contribution in [3.8, 4) is 0 Å². The molecule has 0 fully saturated rings. The monoisotopic (exact) mass is 228 g/mol. The molecule has 0 spiro atoms. The predicted molar refractivity (Wildman–Crippen MR) is 59.9 cm³/mol. The van der Waals surface area contributed by atoms with Crippen LogP contribution in [0.3, 0.4) is 0 Å². The van der Waals surface area contributed by atoms with Gasteiger partial charge in [0, 0.05) is 13.1 Å². The minimum Gasteiger partial charge on any atom is -0.326 e. The highest BCUT2D eigenvalue weighted by Gasteiger charge is 2.15. The van der Waals surface area contributed by atoms with Crippen molar-refractivity contribution in [2.24, 2.45) is 5.73 Å². The highest BCUT2D eigenvalue weighted by atomic mass is 32.2. The summed E-state index contributed by atoms with van der Waals surface area (Å²) in [5, 5.41) is 0. The van der Waals surface area contributed by atoms with Crippen molar-refractivity contribution in [1.29, 1.82) is 0 Å². The lowest BCUT2D eigenvalue weighted by Crippen LogP contribution is -2.24. The first-order valence-corrected chi connectivity index (χ1v) is 6.29. The van der Waals surface area contributed by atoms with Gasteiger partial charge in [0.15, 0.2) is 0 Å². The van der Waals surface area contributed by atoms with Gasteiger partial charge in [0.05, 0.1) is 4.90 Å². The van der Waals surface area contributed by atoms with Crippen molar-refractivity contribution in [1.82, 2.24) is 4.72 Å². The van der Waals surface area contributed by atoms with Gasteiger partial charge in [-0.05, 0) is 24.1 Å². The van der Waals surface area contributed by atoms with Crippen LogP contribution in [0.2, 0.25) is 0 Å². The van der Waals surface area contributed by atoms with Crippen LogP contribution in [-0.4, -0.2) is 15.0 Å². The fourth-order valence-corrected chi connectivity index (χ4v) is 2.66. The summed E-state index contributed by atoms with van der Waals surface area (Å²) < 4.78 is 26.0. The number of aryl methyl sites for hydroxylation is 1. The van der Waals surface area contributed by atoms with Gasteiger partial charge in [-0.2, -0.15) is 0 Å². The van der Waals surface area contributed by atoms with Crippen molar-refractivity contribution >= 4 is 10.0 Å². The number of rotatable bonds is 4. The van der Waals surface area contributed by atoms with Gasteiger partial charge >= 0.3 is 0 Å². The Balaban J connectivity index is 3.24. The Morgan fingerprint density at radius 3 is 2.60 bits per heavy atom. The first-order chi connectivity index (χ1) is 7.01. The zero-order chi connectivity index (χ0) is 11.5. The van der Waals surface area contributed by atoms with E-state index >= 15 is 0 Å². The quantitative estimate of drug-likeness (QED) is 0.799. The van der Waals surface area contributed by atoms with Crippen molar-refractivity contribution in [3.05, 3.63) is 29.3 Å². The van der Waals surface area contributed by atoms with Crippen LogP contribution in [0.25, 0.3) is 0 Å². The molecule has 0 aliphatic heterocycles. The average Bonchev–Trinajstić information content (AvgIpc) is 2.18. The lowest BCUT2D eigenvalue weighted by Gasteiger charge is -2.09. The summed E-state index contributed by atoms with van der Waals surface area (Å²) in [6, 6.07) is 5.22. The average molecular weight is 228 g/mol. The minimum atomic E-state index is -3.38. The van der Waals surface area contributed by atoms with Gasteiger partial charge in [0.25, 0.3) is 0 Å². The first-order valence-electron chi connectivity index (χ1n) is 4.80. The SMILES string of the molecule is CCNS(=O)(=O)c1cc(CN)ccc1C. The van der Waals surface area contributed by atoms with Gasteiger partial charge < -0.3 is 5.73 Å². The molecule has 84 valence electrons. The maximum Gasteiger partial charge on any atom is 0.240 e. The molecular formula is C10H16N2O2S. The summed E-state index contributed by atoms with van der Waals surface area (Å²) in [4.78, 5) is 0.312. The van der Waals surface area contributed by atoms with E-state index in [4.69, 9.17) is 5.73 Å². The van der Waals surface area contributed by atoms with E-state index in [1.54, 1.807) is 26.0 Å². The Labute approximate surface area is 90.5 Å². The summed E-state index contributed by atoms with van der Waals surface area (Å²) in [6.45, 7) is 4.24. The molecule has 0 aliphatic rings. The van der Waals surface area contributed by atoms with Gasteiger partial charge in [-0.15, -0.1) is 0 Å². The third-order valence-corrected chi connectivity index (χ3v) is 3.80. The topological polar surface area (TPSA) is 72.2 Å². The molecule has 3 N–H and O–H groups in total. The molecule has 0 aromatic heterocycles. The normalized spacial score (nSPS) is 11.7. The lowest BCUT2D eigenvalue weighted by atomic mass is 10.1. The standard InChI is InChI=1S/C10H16N2O2S/c1-3-12-15(13,14)10-6-9(7-11)5-4-8(10)2/h4-6,12H,3,7,11H2,1-2H3. The summed E-state index contributed by atoms with van der Waals surface area (Å²) >= 11 is 0. The van der Waals surface area contributed by atoms with Crippen molar-refractivity contribution < 1.29 is 8.42 Å². The van der Waals surface area contributed by atoms with Gasteiger partial charge in [-0.25, -0.2) is 13.1 Å². The molecule has 15 heavy (non-hydrogen) atoms. The van der Waals surface area contributed by atoms with Crippen molar-refractivity contribution in [2.75, 3.05) is 6.54 Å². The van der Waals surface area contributed by atoms with E-state index in [9.17, 15) is 8.42 Å². The molecular weight excluding hydrogens is 212 g/mol. The Morgan fingerprint density at radius 2 is 2.07 bits per heavy atom. The zero-order valence-electron chi connectivity index (χ0n) is 8.95. The Hall–Kier alpha value is -0.910. The third-order valence-electron chi connectivity index (χ3n) is 2.11. The van der Waals surface area contributed by atoms with E-state index in [0.717, 1.165) is 11.1 Å². The molecule has 0 saturated heterocycles.